The lowest BCUT2D eigenvalue weighted by atomic mass is 10.3. The van der Waals surface area contributed by atoms with Crippen LogP contribution in [0.3, 0.4) is 0 Å². The number of amides is 1. The number of hydrogen-bond donors (Lipinski definition) is 2. The molecule has 0 spiro atoms. The first-order valence-electron chi connectivity index (χ1n) is 8.79. The Hall–Kier alpha value is -3.30. The molecule has 0 bridgehead atoms. The van der Waals surface area contributed by atoms with Gasteiger partial charge in [-0.1, -0.05) is 6.07 Å². The summed E-state index contributed by atoms with van der Waals surface area (Å²) in [5.41, 5.74) is 0.693. The molecule has 3 rings (SSSR count). The van der Waals surface area contributed by atoms with E-state index >= 15 is 0 Å². The summed E-state index contributed by atoms with van der Waals surface area (Å²) in [6.45, 7) is 0. The van der Waals surface area contributed by atoms with Gasteiger partial charge in [-0.15, -0.1) is 11.3 Å². The van der Waals surface area contributed by atoms with E-state index < -0.39 is 10.0 Å². The Morgan fingerprint density at radius 2 is 1.73 bits per heavy atom. The summed E-state index contributed by atoms with van der Waals surface area (Å²) in [5.74, 6) is 0.388. The predicted octanol–water partition coefficient (Wildman–Crippen LogP) is 4.22. The molecule has 0 unspecified atom stereocenters. The molecule has 1 heterocycles. The molecule has 0 aliphatic carbocycles. The molecule has 1 amide bonds. The van der Waals surface area contributed by atoms with Crippen LogP contribution >= 0.6 is 11.3 Å². The monoisotopic (exact) mass is 444 g/mol. The highest BCUT2D eigenvalue weighted by Gasteiger charge is 2.21. The minimum atomic E-state index is -3.97. The summed E-state index contributed by atoms with van der Waals surface area (Å²) in [7, 11) is -1.06. The summed E-state index contributed by atoms with van der Waals surface area (Å²) < 4.78 is 38.6. The van der Waals surface area contributed by atoms with Crippen molar-refractivity contribution < 1.29 is 22.7 Å². The number of hydrogen-bond acceptors (Lipinski definition) is 6. The van der Waals surface area contributed by atoms with Gasteiger partial charge in [-0.05, 0) is 60.0 Å². The summed E-state index contributed by atoms with van der Waals surface area (Å²) in [6.07, 6.45) is 3.08. The Morgan fingerprint density at radius 1 is 1.00 bits per heavy atom. The maximum Gasteiger partial charge on any atom is 0.265 e. The Balaban J connectivity index is 1.81. The number of nitrogens with one attached hydrogen (secondary N) is 2. The number of carbonyl (C=O) groups excluding carboxylic acids is 1. The smallest absolute Gasteiger partial charge is 0.265 e. The number of thiophene rings is 1. The van der Waals surface area contributed by atoms with Crippen LogP contribution in [0.25, 0.3) is 6.08 Å². The molecular weight excluding hydrogens is 424 g/mol. The Morgan fingerprint density at radius 3 is 2.37 bits per heavy atom. The van der Waals surface area contributed by atoms with Gasteiger partial charge in [0.25, 0.3) is 10.0 Å². The topological polar surface area (TPSA) is 93.7 Å². The average molecular weight is 445 g/mol. The molecule has 156 valence electrons. The van der Waals surface area contributed by atoms with Gasteiger partial charge in [0.2, 0.25) is 5.91 Å². The number of methoxy groups -OCH3 is 2. The predicted molar refractivity (Wildman–Crippen MR) is 119 cm³/mol. The van der Waals surface area contributed by atoms with Crippen LogP contribution in [0.2, 0.25) is 0 Å². The molecular formula is C21H20N2O5S2. The van der Waals surface area contributed by atoms with E-state index in [1.54, 1.807) is 36.4 Å². The molecule has 0 saturated heterocycles. The molecule has 7 nitrogen and oxygen atoms in total. The van der Waals surface area contributed by atoms with Crippen LogP contribution < -0.4 is 19.5 Å². The van der Waals surface area contributed by atoms with E-state index in [0.29, 0.717) is 17.1 Å². The summed E-state index contributed by atoms with van der Waals surface area (Å²) in [4.78, 5) is 13.0. The van der Waals surface area contributed by atoms with Crippen molar-refractivity contribution >= 4 is 44.7 Å². The second-order valence-corrected chi connectivity index (χ2v) is 8.67. The second-order valence-electron chi connectivity index (χ2n) is 6.04. The molecule has 2 aromatic carbocycles. The first kappa shape index (κ1) is 21.4. The van der Waals surface area contributed by atoms with Gasteiger partial charge in [0.15, 0.2) is 0 Å². The van der Waals surface area contributed by atoms with Gasteiger partial charge >= 0.3 is 0 Å². The van der Waals surface area contributed by atoms with E-state index in [1.807, 2.05) is 17.5 Å². The zero-order valence-electron chi connectivity index (χ0n) is 16.3. The van der Waals surface area contributed by atoms with Gasteiger partial charge in [0, 0.05) is 22.3 Å². The van der Waals surface area contributed by atoms with Gasteiger partial charge < -0.3 is 14.8 Å². The molecule has 3 aromatic rings. The van der Waals surface area contributed by atoms with Crippen molar-refractivity contribution in [1.82, 2.24) is 0 Å². The van der Waals surface area contributed by atoms with Crippen molar-refractivity contribution in [1.29, 1.82) is 0 Å². The lowest BCUT2D eigenvalue weighted by Gasteiger charge is -2.13. The van der Waals surface area contributed by atoms with Crippen molar-refractivity contribution in [3.05, 3.63) is 70.9 Å². The molecule has 0 saturated carbocycles. The zero-order valence-corrected chi connectivity index (χ0v) is 17.9. The van der Waals surface area contributed by atoms with Crippen LogP contribution in [0, 0.1) is 0 Å². The number of sulfonamides is 1. The van der Waals surface area contributed by atoms with E-state index in [9.17, 15) is 13.2 Å². The fraction of sp³-hybridized carbons (Fsp3) is 0.0952. The molecule has 0 aliphatic rings. The van der Waals surface area contributed by atoms with E-state index in [-0.39, 0.29) is 16.6 Å². The third kappa shape index (κ3) is 5.40. The molecule has 30 heavy (non-hydrogen) atoms. The minimum Gasteiger partial charge on any atom is -0.497 e. The van der Waals surface area contributed by atoms with Crippen LogP contribution in [-0.2, 0) is 14.8 Å². The Kier molecular flexibility index (Phi) is 6.76. The quantitative estimate of drug-likeness (QED) is 0.508. The third-order valence-electron chi connectivity index (χ3n) is 4.01. The maximum absolute atomic E-state index is 12.9. The van der Waals surface area contributed by atoms with Crippen molar-refractivity contribution in [3.8, 4) is 11.5 Å². The highest BCUT2D eigenvalue weighted by Crippen LogP contribution is 2.29. The van der Waals surface area contributed by atoms with Gasteiger partial charge in [0.1, 0.15) is 16.4 Å². The molecule has 0 fully saturated rings. The number of anilines is 2. The van der Waals surface area contributed by atoms with Crippen molar-refractivity contribution in [2.75, 3.05) is 24.3 Å². The summed E-state index contributed by atoms with van der Waals surface area (Å²) in [6, 6.07) is 14.6. The normalized spacial score (nSPS) is 11.3. The maximum atomic E-state index is 12.9. The van der Waals surface area contributed by atoms with Crippen LogP contribution in [-0.4, -0.2) is 28.5 Å². The molecule has 0 radical (unpaired) electrons. The van der Waals surface area contributed by atoms with Crippen LogP contribution in [0.1, 0.15) is 4.88 Å². The van der Waals surface area contributed by atoms with E-state index in [1.165, 1.54) is 43.8 Å². The van der Waals surface area contributed by atoms with E-state index in [4.69, 9.17) is 9.47 Å². The Bertz CT molecular complexity index is 1140. The molecule has 0 atom stereocenters. The first-order valence-corrected chi connectivity index (χ1v) is 11.1. The summed E-state index contributed by atoms with van der Waals surface area (Å²) in [5, 5.41) is 4.57. The Labute approximate surface area is 179 Å². The van der Waals surface area contributed by atoms with Gasteiger partial charge in [-0.25, -0.2) is 8.42 Å². The molecule has 0 aliphatic heterocycles. The number of rotatable bonds is 8. The number of benzene rings is 2. The van der Waals surface area contributed by atoms with E-state index in [2.05, 4.69) is 10.0 Å². The van der Waals surface area contributed by atoms with E-state index in [0.717, 1.165) is 4.88 Å². The van der Waals surface area contributed by atoms with Gasteiger partial charge in [0.05, 0.1) is 14.2 Å². The fourth-order valence-corrected chi connectivity index (χ4v) is 4.43. The van der Waals surface area contributed by atoms with Crippen LogP contribution in [0.5, 0.6) is 11.5 Å². The SMILES string of the molecule is COc1ccc(NS(=O)(=O)c2cc(NC(=O)/C=C/c3cccs3)ccc2OC)cc1. The standard InChI is InChI=1S/C21H20N2O5S2/c1-27-17-8-5-15(6-9-17)23-30(25,26)20-14-16(7-11-19(20)28-2)22-21(24)12-10-18-4-3-13-29-18/h3-14,23H,1-2H3,(H,22,24)/b12-10+. The summed E-state index contributed by atoms with van der Waals surface area (Å²) >= 11 is 1.51. The van der Waals surface area contributed by atoms with Crippen molar-refractivity contribution in [2.24, 2.45) is 0 Å². The molecule has 2 N–H and O–H groups in total. The average Bonchev–Trinajstić information content (AvgIpc) is 3.26. The molecule has 9 heteroatoms. The van der Waals surface area contributed by atoms with Crippen LogP contribution in [0.15, 0.2) is 70.9 Å². The highest BCUT2D eigenvalue weighted by atomic mass is 32.2. The van der Waals surface area contributed by atoms with Crippen LogP contribution in [0.4, 0.5) is 11.4 Å². The number of carbonyl (C=O) groups is 1. The lowest BCUT2D eigenvalue weighted by molar-refractivity contribution is -0.111. The minimum absolute atomic E-state index is 0.0964. The highest BCUT2D eigenvalue weighted by molar-refractivity contribution is 7.92. The lowest BCUT2D eigenvalue weighted by Crippen LogP contribution is -2.15. The first-order chi connectivity index (χ1) is 14.4. The van der Waals surface area contributed by atoms with Gasteiger partial charge in [-0.3, -0.25) is 9.52 Å². The largest absolute Gasteiger partial charge is 0.497 e. The molecule has 1 aromatic heterocycles. The number of ether oxygens (including phenoxy) is 2. The fourth-order valence-electron chi connectivity index (χ4n) is 2.56. The zero-order chi connectivity index (χ0) is 21.6. The third-order valence-corrected chi connectivity index (χ3v) is 6.25. The second kappa shape index (κ2) is 9.47. The van der Waals surface area contributed by atoms with Crippen molar-refractivity contribution in [3.63, 3.8) is 0 Å². The van der Waals surface area contributed by atoms with Crippen molar-refractivity contribution in [2.45, 2.75) is 4.90 Å². The van der Waals surface area contributed by atoms with Gasteiger partial charge in [-0.2, -0.15) is 0 Å².